The highest BCUT2D eigenvalue weighted by Crippen LogP contribution is 2.28. The highest BCUT2D eigenvalue weighted by Gasteiger charge is 2.20. The molecule has 1 rings (SSSR count). The molecule has 2 N–H and O–H groups in total. The van der Waals surface area contributed by atoms with E-state index in [-0.39, 0.29) is 12.1 Å². The van der Waals surface area contributed by atoms with Crippen molar-refractivity contribution in [1.29, 1.82) is 0 Å². The maximum Gasteiger partial charge on any atom is 0.106 e. The van der Waals surface area contributed by atoms with Crippen LogP contribution in [0.2, 0.25) is 0 Å². The molecule has 0 bridgehead atoms. The average molecular weight is 283 g/mol. The minimum absolute atomic E-state index is 0.0433. The molecule has 3 heteroatoms. The Morgan fingerprint density at radius 3 is 2.53 bits per heavy atom. The summed E-state index contributed by atoms with van der Waals surface area (Å²) in [6.07, 6.45) is 5.06. The fourth-order valence-corrected chi connectivity index (χ4v) is 3.28. The van der Waals surface area contributed by atoms with Crippen LogP contribution in [0.3, 0.4) is 0 Å². The van der Waals surface area contributed by atoms with E-state index in [9.17, 15) is 0 Å². The Balaban J connectivity index is 2.54. The van der Waals surface area contributed by atoms with Crippen LogP contribution in [0.25, 0.3) is 0 Å². The van der Waals surface area contributed by atoms with Crippen LogP contribution in [-0.2, 0) is 4.74 Å². The molecule has 0 spiro atoms. The largest absolute Gasteiger partial charge is 0.371 e. The van der Waals surface area contributed by atoms with Gasteiger partial charge in [-0.25, -0.2) is 0 Å². The summed E-state index contributed by atoms with van der Waals surface area (Å²) in [5.41, 5.74) is 6.09. The van der Waals surface area contributed by atoms with E-state index in [4.69, 9.17) is 10.5 Å². The topological polar surface area (TPSA) is 35.2 Å². The van der Waals surface area contributed by atoms with E-state index in [1.807, 2.05) is 6.92 Å². The number of rotatable bonds is 9. The zero-order valence-electron chi connectivity index (χ0n) is 12.8. The van der Waals surface area contributed by atoms with Crippen LogP contribution in [0.5, 0.6) is 0 Å². The number of hydrogen-bond donors (Lipinski definition) is 1. The first-order chi connectivity index (χ1) is 9.08. The first kappa shape index (κ1) is 16.7. The second-order valence-corrected chi connectivity index (χ2v) is 6.80. The normalized spacial score (nSPS) is 16.3. The third-order valence-corrected chi connectivity index (χ3v) is 4.64. The lowest BCUT2D eigenvalue weighted by Gasteiger charge is -2.23. The molecule has 0 aliphatic heterocycles. The van der Waals surface area contributed by atoms with Crippen molar-refractivity contribution in [1.82, 2.24) is 0 Å². The van der Waals surface area contributed by atoms with Gasteiger partial charge in [-0.05, 0) is 38.3 Å². The van der Waals surface area contributed by atoms with Crippen molar-refractivity contribution in [3.8, 4) is 0 Å². The Labute approximate surface area is 122 Å². The van der Waals surface area contributed by atoms with E-state index >= 15 is 0 Å². The SMILES string of the molecule is CCCCC(CC)COC(c1ccc(C)s1)C(C)N. The summed E-state index contributed by atoms with van der Waals surface area (Å²) in [6.45, 7) is 9.49. The summed E-state index contributed by atoms with van der Waals surface area (Å²) >= 11 is 1.80. The molecular formula is C16H29NOS. The van der Waals surface area contributed by atoms with Crippen LogP contribution in [0.4, 0.5) is 0 Å². The molecule has 19 heavy (non-hydrogen) atoms. The quantitative estimate of drug-likeness (QED) is 0.714. The molecule has 1 aromatic rings. The molecule has 0 aromatic carbocycles. The molecule has 0 saturated carbocycles. The molecule has 1 heterocycles. The second kappa shape index (κ2) is 8.72. The standard InChI is InChI=1S/C16H29NOS/c1-5-7-8-14(6-2)11-18-16(13(4)17)15-10-9-12(3)19-15/h9-10,13-14,16H,5-8,11,17H2,1-4H3. The van der Waals surface area contributed by atoms with Gasteiger partial charge in [-0.1, -0.05) is 33.1 Å². The van der Waals surface area contributed by atoms with E-state index < -0.39 is 0 Å². The third kappa shape index (κ3) is 5.64. The van der Waals surface area contributed by atoms with Crippen LogP contribution in [0.1, 0.15) is 62.3 Å². The van der Waals surface area contributed by atoms with Gasteiger partial charge in [0.05, 0.1) is 6.61 Å². The molecule has 1 aromatic heterocycles. The third-order valence-electron chi connectivity index (χ3n) is 3.57. The van der Waals surface area contributed by atoms with Crippen LogP contribution in [0.15, 0.2) is 12.1 Å². The minimum Gasteiger partial charge on any atom is -0.371 e. The maximum absolute atomic E-state index is 6.14. The van der Waals surface area contributed by atoms with Crippen molar-refractivity contribution in [2.75, 3.05) is 6.61 Å². The highest BCUT2D eigenvalue weighted by atomic mass is 32.1. The van der Waals surface area contributed by atoms with Gasteiger partial charge in [0, 0.05) is 15.8 Å². The monoisotopic (exact) mass is 283 g/mol. The van der Waals surface area contributed by atoms with Gasteiger partial charge >= 0.3 is 0 Å². The molecule has 0 fully saturated rings. The molecule has 3 unspecified atom stereocenters. The number of thiophene rings is 1. The molecule has 110 valence electrons. The Hall–Kier alpha value is -0.380. The Bertz CT molecular complexity index is 348. The number of ether oxygens (including phenoxy) is 1. The lowest BCUT2D eigenvalue weighted by molar-refractivity contribution is 0.0148. The molecule has 2 nitrogen and oxygen atoms in total. The molecule has 0 aliphatic carbocycles. The van der Waals surface area contributed by atoms with E-state index in [0.717, 1.165) is 6.61 Å². The van der Waals surface area contributed by atoms with Crippen molar-refractivity contribution in [2.45, 2.75) is 65.5 Å². The van der Waals surface area contributed by atoms with Crippen LogP contribution < -0.4 is 5.73 Å². The van der Waals surface area contributed by atoms with Gasteiger partial charge in [0.1, 0.15) is 6.10 Å². The fourth-order valence-electron chi connectivity index (χ4n) is 2.24. The molecule has 0 amide bonds. The molecule has 0 radical (unpaired) electrons. The Morgan fingerprint density at radius 1 is 1.32 bits per heavy atom. The molecular weight excluding hydrogens is 254 g/mol. The van der Waals surface area contributed by atoms with Gasteiger partial charge in [0.15, 0.2) is 0 Å². The summed E-state index contributed by atoms with van der Waals surface area (Å²) in [4.78, 5) is 2.58. The number of hydrogen-bond acceptors (Lipinski definition) is 3. The van der Waals surface area contributed by atoms with E-state index in [1.54, 1.807) is 11.3 Å². The van der Waals surface area contributed by atoms with E-state index in [1.165, 1.54) is 35.4 Å². The lowest BCUT2D eigenvalue weighted by atomic mass is 10.0. The molecule has 0 aliphatic rings. The Kier molecular flexibility index (Phi) is 7.66. The summed E-state index contributed by atoms with van der Waals surface area (Å²) in [7, 11) is 0. The molecule has 3 atom stereocenters. The van der Waals surface area contributed by atoms with Crippen LogP contribution in [0, 0.1) is 12.8 Å². The van der Waals surface area contributed by atoms with E-state index in [2.05, 4.69) is 32.9 Å². The van der Waals surface area contributed by atoms with Gasteiger partial charge in [0.25, 0.3) is 0 Å². The summed E-state index contributed by atoms with van der Waals surface area (Å²) in [5, 5.41) is 0. The maximum atomic E-state index is 6.14. The van der Waals surface area contributed by atoms with E-state index in [0.29, 0.717) is 5.92 Å². The van der Waals surface area contributed by atoms with Crippen molar-refractivity contribution in [3.63, 3.8) is 0 Å². The minimum atomic E-state index is 0.0433. The predicted octanol–water partition coefficient (Wildman–Crippen LogP) is 4.68. The summed E-state index contributed by atoms with van der Waals surface area (Å²) in [5.74, 6) is 0.669. The smallest absolute Gasteiger partial charge is 0.106 e. The van der Waals surface area contributed by atoms with Gasteiger partial charge < -0.3 is 10.5 Å². The van der Waals surface area contributed by atoms with Crippen molar-refractivity contribution in [2.24, 2.45) is 11.7 Å². The van der Waals surface area contributed by atoms with Crippen LogP contribution in [-0.4, -0.2) is 12.6 Å². The van der Waals surface area contributed by atoms with Crippen LogP contribution >= 0.6 is 11.3 Å². The number of aryl methyl sites for hydroxylation is 1. The Morgan fingerprint density at radius 2 is 2.05 bits per heavy atom. The van der Waals surface area contributed by atoms with Crippen molar-refractivity contribution < 1.29 is 4.74 Å². The lowest BCUT2D eigenvalue weighted by Crippen LogP contribution is -2.28. The first-order valence-electron chi connectivity index (χ1n) is 7.51. The van der Waals surface area contributed by atoms with Gasteiger partial charge in [-0.2, -0.15) is 0 Å². The van der Waals surface area contributed by atoms with Gasteiger partial charge in [0.2, 0.25) is 0 Å². The first-order valence-corrected chi connectivity index (χ1v) is 8.33. The second-order valence-electron chi connectivity index (χ2n) is 5.48. The van der Waals surface area contributed by atoms with Crippen molar-refractivity contribution >= 4 is 11.3 Å². The van der Waals surface area contributed by atoms with Gasteiger partial charge in [-0.3, -0.25) is 0 Å². The number of unbranched alkanes of at least 4 members (excludes halogenated alkanes) is 1. The summed E-state index contributed by atoms with van der Waals surface area (Å²) < 4.78 is 6.14. The predicted molar refractivity (Wildman–Crippen MR) is 84.7 cm³/mol. The highest BCUT2D eigenvalue weighted by molar-refractivity contribution is 7.12. The molecule has 0 saturated heterocycles. The fraction of sp³-hybridized carbons (Fsp3) is 0.750. The summed E-state index contributed by atoms with van der Waals surface area (Å²) in [6, 6.07) is 4.34. The zero-order chi connectivity index (χ0) is 14.3. The van der Waals surface area contributed by atoms with Crippen molar-refractivity contribution in [3.05, 3.63) is 21.9 Å². The number of nitrogens with two attached hydrogens (primary N) is 1. The zero-order valence-corrected chi connectivity index (χ0v) is 13.6. The van der Waals surface area contributed by atoms with Gasteiger partial charge in [-0.15, -0.1) is 11.3 Å². The average Bonchev–Trinajstić information content (AvgIpc) is 2.79.